The van der Waals surface area contributed by atoms with Crippen molar-refractivity contribution in [2.75, 3.05) is 41.7 Å². The summed E-state index contributed by atoms with van der Waals surface area (Å²) in [6, 6.07) is 5.09. The number of rotatable bonds is 7. The monoisotopic (exact) mass is 459 g/mol. The number of fused-ring (bicyclic) bond motifs is 2. The van der Waals surface area contributed by atoms with Gasteiger partial charge in [0.2, 0.25) is 12.5 Å². The highest BCUT2D eigenvalue weighted by molar-refractivity contribution is 5.67. The van der Waals surface area contributed by atoms with E-state index in [0.29, 0.717) is 39.9 Å². The van der Waals surface area contributed by atoms with Gasteiger partial charge in [0.1, 0.15) is 6.10 Å². The van der Waals surface area contributed by atoms with E-state index >= 15 is 0 Å². The summed E-state index contributed by atoms with van der Waals surface area (Å²) in [5, 5.41) is 10.3. The van der Waals surface area contributed by atoms with E-state index in [4.69, 9.17) is 28.4 Å². The van der Waals surface area contributed by atoms with E-state index in [1.807, 2.05) is 13.1 Å². The van der Waals surface area contributed by atoms with Crippen LogP contribution in [-0.4, -0.2) is 57.7 Å². The Hall–Kier alpha value is -3.17. The lowest BCUT2D eigenvalue weighted by Gasteiger charge is -2.40. The lowest BCUT2D eigenvalue weighted by atomic mass is 9.84. The van der Waals surface area contributed by atoms with Crippen LogP contribution in [0.4, 0.5) is 0 Å². The van der Waals surface area contributed by atoms with E-state index < -0.39 is 18.1 Å². The summed E-state index contributed by atoms with van der Waals surface area (Å²) >= 11 is 0. The summed E-state index contributed by atoms with van der Waals surface area (Å²) < 4.78 is 34.0. The summed E-state index contributed by atoms with van der Waals surface area (Å²) in [5.74, 6) is 2.16. The minimum absolute atomic E-state index is 0.118. The number of nitrogens with zero attached hydrogens (tertiary/aromatic N) is 1. The third kappa shape index (κ3) is 3.91. The van der Waals surface area contributed by atoms with Crippen molar-refractivity contribution in [2.24, 2.45) is 0 Å². The first-order valence-electron chi connectivity index (χ1n) is 10.7. The second kappa shape index (κ2) is 9.36. The number of carbonyl (C=O) groups excluding carboxylic acids is 1. The number of aliphatic hydroxyl groups excluding tert-OH is 1. The predicted molar refractivity (Wildman–Crippen MR) is 118 cm³/mol. The Balaban J connectivity index is 1.95. The minimum Gasteiger partial charge on any atom is -0.493 e. The fourth-order valence-corrected chi connectivity index (χ4v) is 4.76. The van der Waals surface area contributed by atoms with E-state index in [2.05, 4.69) is 4.90 Å². The second-order valence-electron chi connectivity index (χ2n) is 7.95. The van der Waals surface area contributed by atoms with Gasteiger partial charge in [-0.15, -0.1) is 0 Å². The molecule has 9 nitrogen and oxygen atoms in total. The van der Waals surface area contributed by atoms with Gasteiger partial charge in [0.05, 0.1) is 34.0 Å². The molecule has 4 rings (SSSR count). The van der Waals surface area contributed by atoms with Crippen molar-refractivity contribution in [3.63, 3.8) is 0 Å². The first kappa shape index (κ1) is 23.0. The maximum Gasteiger partial charge on any atom is 0.303 e. The van der Waals surface area contributed by atoms with Crippen LogP contribution in [0.1, 0.15) is 41.3 Å². The van der Waals surface area contributed by atoms with Crippen LogP contribution in [0.15, 0.2) is 18.2 Å². The average Bonchev–Trinajstić information content (AvgIpc) is 3.28. The molecule has 0 saturated heterocycles. The summed E-state index contributed by atoms with van der Waals surface area (Å²) in [6.45, 7) is 1.88. The summed E-state index contributed by atoms with van der Waals surface area (Å²) in [5.41, 5.74) is 3.00. The first-order valence-corrected chi connectivity index (χ1v) is 10.7. The highest BCUT2D eigenvalue weighted by Gasteiger charge is 2.41. The van der Waals surface area contributed by atoms with Crippen LogP contribution in [0.5, 0.6) is 28.7 Å². The number of methoxy groups -OCH3 is 3. The zero-order valence-corrected chi connectivity index (χ0v) is 19.5. The number of hydrogen-bond donors (Lipinski definition) is 1. The molecule has 178 valence electrons. The summed E-state index contributed by atoms with van der Waals surface area (Å²) in [6.07, 6.45) is 0.00348. The molecule has 0 bridgehead atoms. The Morgan fingerprint density at radius 1 is 1.18 bits per heavy atom. The van der Waals surface area contributed by atoms with Crippen molar-refractivity contribution in [1.82, 2.24) is 4.90 Å². The molecular formula is C24H29NO8. The van der Waals surface area contributed by atoms with E-state index in [9.17, 15) is 9.90 Å². The van der Waals surface area contributed by atoms with Crippen LogP contribution in [-0.2, 0) is 22.6 Å². The van der Waals surface area contributed by atoms with E-state index in [0.717, 1.165) is 24.1 Å². The molecular weight excluding hydrogens is 430 g/mol. The highest BCUT2D eigenvalue weighted by atomic mass is 16.7. The SMILES string of the molecule is COc1ccc([C@H](OC(C)=O)[C@H]2c3c(cc4c(c3OC)OCO4)CCN2C)c(CO)c1OC. The lowest BCUT2D eigenvalue weighted by molar-refractivity contribution is -0.150. The van der Waals surface area contributed by atoms with Gasteiger partial charge in [-0.05, 0) is 31.2 Å². The smallest absolute Gasteiger partial charge is 0.303 e. The molecule has 9 heteroatoms. The number of ether oxygens (including phenoxy) is 6. The van der Waals surface area contributed by atoms with Crippen LogP contribution in [0.3, 0.4) is 0 Å². The zero-order chi connectivity index (χ0) is 23.7. The quantitative estimate of drug-likeness (QED) is 0.627. The lowest BCUT2D eigenvalue weighted by Crippen LogP contribution is -2.38. The Labute approximate surface area is 192 Å². The van der Waals surface area contributed by atoms with E-state index in [1.54, 1.807) is 19.2 Å². The standard InChI is InChI=1S/C24H29NO8/c1-13(27)33-22(15-6-7-17(28-3)21(29-4)16(15)11-26)20-19-14(8-9-25(20)2)10-18-23(24(19)30-5)32-12-31-18/h6-7,10,20,22,26H,8-9,11-12H2,1-5H3/t20-,22+/m1/s1. The Morgan fingerprint density at radius 2 is 1.94 bits per heavy atom. The molecule has 0 fully saturated rings. The number of aliphatic hydroxyl groups is 1. The van der Waals surface area contributed by atoms with Gasteiger partial charge < -0.3 is 33.5 Å². The van der Waals surface area contributed by atoms with Crippen LogP contribution < -0.4 is 23.7 Å². The summed E-state index contributed by atoms with van der Waals surface area (Å²) in [4.78, 5) is 14.4. The van der Waals surface area contributed by atoms with Gasteiger partial charge in [0.25, 0.3) is 0 Å². The van der Waals surface area contributed by atoms with Crippen LogP contribution >= 0.6 is 0 Å². The van der Waals surface area contributed by atoms with Crippen molar-refractivity contribution in [2.45, 2.75) is 32.1 Å². The topological polar surface area (TPSA) is 95.9 Å². The van der Waals surface area contributed by atoms with Crippen molar-refractivity contribution in [3.05, 3.63) is 40.5 Å². The molecule has 2 aliphatic heterocycles. The second-order valence-corrected chi connectivity index (χ2v) is 7.95. The molecule has 0 aliphatic carbocycles. The van der Waals surface area contributed by atoms with Gasteiger partial charge in [-0.25, -0.2) is 0 Å². The average molecular weight is 459 g/mol. The molecule has 0 aromatic heterocycles. The first-order chi connectivity index (χ1) is 15.9. The molecule has 0 spiro atoms. The van der Waals surface area contributed by atoms with Gasteiger partial charge >= 0.3 is 5.97 Å². The molecule has 2 aromatic rings. The van der Waals surface area contributed by atoms with E-state index in [-0.39, 0.29) is 13.4 Å². The molecule has 1 N–H and O–H groups in total. The maximum atomic E-state index is 12.3. The van der Waals surface area contributed by atoms with Gasteiger partial charge in [0.15, 0.2) is 23.0 Å². The third-order valence-corrected chi connectivity index (χ3v) is 6.18. The molecule has 0 amide bonds. The molecule has 2 aromatic carbocycles. The van der Waals surface area contributed by atoms with Crippen LogP contribution in [0.25, 0.3) is 0 Å². The Morgan fingerprint density at radius 3 is 2.58 bits per heavy atom. The molecule has 2 atom stereocenters. The third-order valence-electron chi connectivity index (χ3n) is 6.18. The molecule has 2 heterocycles. The maximum absolute atomic E-state index is 12.3. The molecule has 0 radical (unpaired) electrons. The normalized spacial score (nSPS) is 17.8. The van der Waals surface area contributed by atoms with E-state index in [1.165, 1.54) is 21.1 Å². The van der Waals surface area contributed by atoms with Crippen molar-refractivity contribution in [3.8, 4) is 28.7 Å². The highest BCUT2D eigenvalue weighted by Crippen LogP contribution is 2.53. The minimum atomic E-state index is -0.761. The molecule has 33 heavy (non-hydrogen) atoms. The summed E-state index contributed by atoms with van der Waals surface area (Å²) in [7, 11) is 6.58. The number of likely N-dealkylation sites (N-methyl/N-ethyl adjacent to an activating group) is 1. The fraction of sp³-hybridized carbons (Fsp3) is 0.458. The molecule has 2 aliphatic rings. The molecule has 0 saturated carbocycles. The van der Waals surface area contributed by atoms with Crippen molar-refractivity contribution < 1.29 is 38.3 Å². The number of esters is 1. The van der Waals surface area contributed by atoms with Crippen LogP contribution in [0.2, 0.25) is 0 Å². The molecule has 0 unspecified atom stereocenters. The van der Waals surface area contributed by atoms with Gasteiger partial charge in [-0.1, -0.05) is 6.07 Å². The number of benzene rings is 2. The fourth-order valence-electron chi connectivity index (χ4n) is 4.76. The predicted octanol–water partition coefficient (Wildman–Crippen LogP) is 2.77. The van der Waals surface area contributed by atoms with Crippen molar-refractivity contribution >= 4 is 5.97 Å². The largest absolute Gasteiger partial charge is 0.493 e. The van der Waals surface area contributed by atoms with Crippen LogP contribution in [0, 0.1) is 0 Å². The van der Waals surface area contributed by atoms with Crippen molar-refractivity contribution in [1.29, 1.82) is 0 Å². The zero-order valence-electron chi connectivity index (χ0n) is 19.5. The Bertz CT molecular complexity index is 1050. The van der Waals surface area contributed by atoms with Gasteiger partial charge in [-0.2, -0.15) is 0 Å². The Kier molecular flexibility index (Phi) is 6.53. The van der Waals surface area contributed by atoms with Gasteiger partial charge in [-0.3, -0.25) is 9.69 Å². The number of carbonyl (C=O) groups is 1. The number of hydrogen-bond acceptors (Lipinski definition) is 9. The van der Waals surface area contributed by atoms with Gasteiger partial charge in [0, 0.05) is 30.2 Å².